The van der Waals surface area contributed by atoms with Crippen molar-refractivity contribution in [2.75, 3.05) is 13.1 Å². The molecule has 9 heteroatoms. The fourth-order valence-electron chi connectivity index (χ4n) is 2.91. The van der Waals surface area contributed by atoms with Crippen LogP contribution in [0.25, 0.3) is 0 Å². The maximum atomic E-state index is 12.7. The van der Waals surface area contributed by atoms with Crippen molar-refractivity contribution in [1.82, 2.24) is 9.88 Å². The third kappa shape index (κ3) is 3.87. The van der Waals surface area contributed by atoms with E-state index >= 15 is 0 Å². The first kappa shape index (κ1) is 18.4. The summed E-state index contributed by atoms with van der Waals surface area (Å²) in [5.74, 6) is -1.57. The van der Waals surface area contributed by atoms with Gasteiger partial charge in [0, 0.05) is 30.0 Å². The molecule has 0 saturated carbocycles. The molecule has 2 heterocycles. The Bertz CT molecular complexity index is 817. The molecule has 0 radical (unpaired) electrons. The summed E-state index contributed by atoms with van der Waals surface area (Å²) in [6.07, 6.45) is -3.12. The molecule has 1 fully saturated rings. The number of rotatable bonds is 3. The van der Waals surface area contributed by atoms with E-state index in [1.54, 1.807) is 4.90 Å². The third-order valence-electron chi connectivity index (χ3n) is 4.25. The van der Waals surface area contributed by atoms with Gasteiger partial charge in [0.2, 0.25) is 0 Å². The zero-order chi connectivity index (χ0) is 18.9. The summed E-state index contributed by atoms with van der Waals surface area (Å²) in [7, 11) is 0. The fourth-order valence-corrected chi connectivity index (χ4v) is 3.86. The molecule has 0 aliphatic carbocycles. The number of amides is 1. The van der Waals surface area contributed by atoms with E-state index in [2.05, 4.69) is 4.98 Å². The molecule has 3 rings (SSSR count). The van der Waals surface area contributed by atoms with Gasteiger partial charge >= 0.3 is 12.1 Å². The fraction of sp³-hybridized carbons (Fsp3) is 0.353. The van der Waals surface area contributed by atoms with Crippen LogP contribution in [0.5, 0.6) is 0 Å². The molecule has 1 saturated heterocycles. The highest BCUT2D eigenvalue weighted by atomic mass is 32.1. The van der Waals surface area contributed by atoms with Crippen molar-refractivity contribution in [3.8, 4) is 0 Å². The molecule has 1 aliphatic rings. The highest BCUT2D eigenvalue weighted by molar-refractivity contribution is 7.09. The Hall–Kier alpha value is -2.42. The molecule has 0 spiro atoms. The van der Waals surface area contributed by atoms with Gasteiger partial charge < -0.3 is 10.0 Å². The summed E-state index contributed by atoms with van der Waals surface area (Å²) in [6.45, 7) is 0.803. The van der Waals surface area contributed by atoms with Crippen LogP contribution in [0.2, 0.25) is 0 Å². The average Bonchev–Trinajstić information content (AvgIpc) is 3.12. The van der Waals surface area contributed by atoms with Gasteiger partial charge in [0.05, 0.1) is 10.6 Å². The number of alkyl halides is 3. The Morgan fingerprint density at radius 1 is 1.19 bits per heavy atom. The van der Waals surface area contributed by atoms with E-state index < -0.39 is 17.8 Å². The van der Waals surface area contributed by atoms with Crippen molar-refractivity contribution in [3.05, 3.63) is 51.5 Å². The number of hydrogen-bond donors (Lipinski definition) is 1. The van der Waals surface area contributed by atoms with Gasteiger partial charge in [-0.05, 0) is 37.1 Å². The number of nitrogens with zero attached hydrogens (tertiary/aromatic N) is 2. The summed E-state index contributed by atoms with van der Waals surface area (Å²) in [5, 5.41) is 10.3. The number of carbonyl (C=O) groups is 2. The number of carboxylic acid groups (broad SMARTS) is 1. The van der Waals surface area contributed by atoms with Crippen LogP contribution in [0.4, 0.5) is 13.2 Å². The maximum absolute atomic E-state index is 12.7. The first-order valence-corrected chi connectivity index (χ1v) is 8.79. The van der Waals surface area contributed by atoms with Crippen LogP contribution in [0.1, 0.15) is 50.2 Å². The molecule has 0 bridgehead atoms. The van der Waals surface area contributed by atoms with Crippen molar-refractivity contribution in [2.45, 2.75) is 24.9 Å². The lowest BCUT2D eigenvalue weighted by atomic mass is 9.98. The zero-order valence-electron chi connectivity index (χ0n) is 13.5. The molecule has 2 aromatic rings. The van der Waals surface area contributed by atoms with Crippen LogP contribution in [0, 0.1) is 0 Å². The Morgan fingerprint density at radius 2 is 1.85 bits per heavy atom. The minimum atomic E-state index is -4.47. The highest BCUT2D eigenvalue weighted by Crippen LogP contribution is 2.35. The number of hydrogen-bond acceptors (Lipinski definition) is 4. The van der Waals surface area contributed by atoms with Crippen molar-refractivity contribution in [1.29, 1.82) is 0 Å². The van der Waals surface area contributed by atoms with Gasteiger partial charge in [-0.2, -0.15) is 13.2 Å². The number of thiazole rings is 1. The average molecular weight is 384 g/mol. The molecule has 1 aromatic carbocycles. The molecule has 26 heavy (non-hydrogen) atoms. The summed E-state index contributed by atoms with van der Waals surface area (Å²) in [4.78, 5) is 28.8. The van der Waals surface area contributed by atoms with Crippen molar-refractivity contribution in [2.24, 2.45) is 0 Å². The standard InChI is InChI=1S/C17H15F3N2O3S/c18-17(19,20)13-9-26-14(21-13)12-2-1-7-22(8-12)15(23)10-3-5-11(6-4-10)16(24)25/h3-6,9,12H,1-2,7-8H2,(H,24,25). The number of halogens is 3. The summed E-state index contributed by atoms with van der Waals surface area (Å²) in [6, 6.07) is 5.60. The Labute approximate surface area is 151 Å². The maximum Gasteiger partial charge on any atom is 0.434 e. The Morgan fingerprint density at radius 3 is 2.42 bits per heavy atom. The lowest BCUT2D eigenvalue weighted by Gasteiger charge is -2.32. The van der Waals surface area contributed by atoms with E-state index in [9.17, 15) is 22.8 Å². The monoisotopic (exact) mass is 384 g/mol. The smallest absolute Gasteiger partial charge is 0.434 e. The summed E-state index contributed by atoms with van der Waals surface area (Å²) >= 11 is 0.963. The number of benzene rings is 1. The van der Waals surface area contributed by atoms with Gasteiger partial charge in [0.15, 0.2) is 5.69 Å². The number of aromatic carboxylic acids is 1. The molecular formula is C17H15F3N2O3S. The SMILES string of the molecule is O=C(O)c1ccc(C(=O)N2CCCC(c3nc(C(F)(F)F)cs3)C2)cc1. The molecule has 1 amide bonds. The molecule has 1 aromatic heterocycles. The lowest BCUT2D eigenvalue weighted by molar-refractivity contribution is -0.140. The van der Waals surface area contributed by atoms with Crippen LogP contribution in [0.15, 0.2) is 29.6 Å². The first-order valence-electron chi connectivity index (χ1n) is 7.91. The van der Waals surface area contributed by atoms with Crippen LogP contribution in [0.3, 0.4) is 0 Å². The van der Waals surface area contributed by atoms with Crippen LogP contribution >= 0.6 is 11.3 Å². The number of aromatic nitrogens is 1. The van der Waals surface area contributed by atoms with Crippen LogP contribution in [-0.2, 0) is 6.18 Å². The minimum absolute atomic E-state index is 0.0838. The third-order valence-corrected chi connectivity index (χ3v) is 5.26. The Kier molecular flexibility index (Phi) is 4.99. The molecule has 1 atom stereocenters. The van der Waals surface area contributed by atoms with Crippen molar-refractivity contribution in [3.63, 3.8) is 0 Å². The second-order valence-corrected chi connectivity index (χ2v) is 6.93. The van der Waals surface area contributed by atoms with Crippen LogP contribution < -0.4 is 0 Å². The van der Waals surface area contributed by atoms with E-state index in [1.165, 1.54) is 24.3 Å². The van der Waals surface area contributed by atoms with Crippen molar-refractivity contribution < 1.29 is 27.9 Å². The predicted molar refractivity (Wildman–Crippen MR) is 88.4 cm³/mol. The summed E-state index contributed by atoms with van der Waals surface area (Å²) in [5.41, 5.74) is -0.462. The minimum Gasteiger partial charge on any atom is -0.478 e. The predicted octanol–water partition coefficient (Wildman–Crippen LogP) is 3.88. The van der Waals surface area contributed by atoms with Gasteiger partial charge in [0.25, 0.3) is 5.91 Å². The number of carbonyl (C=O) groups excluding carboxylic acids is 1. The van der Waals surface area contributed by atoms with E-state index in [-0.39, 0.29) is 17.4 Å². The lowest BCUT2D eigenvalue weighted by Crippen LogP contribution is -2.39. The quantitative estimate of drug-likeness (QED) is 0.872. The van der Waals surface area contributed by atoms with Crippen LogP contribution in [-0.4, -0.2) is 40.0 Å². The van der Waals surface area contributed by atoms with E-state index in [1.807, 2.05) is 0 Å². The Balaban J connectivity index is 1.72. The molecular weight excluding hydrogens is 369 g/mol. The molecule has 1 N–H and O–H groups in total. The van der Waals surface area contributed by atoms with Crippen molar-refractivity contribution >= 4 is 23.2 Å². The number of piperidine rings is 1. The van der Waals surface area contributed by atoms with Gasteiger partial charge in [-0.15, -0.1) is 11.3 Å². The number of likely N-dealkylation sites (tertiary alicyclic amines) is 1. The van der Waals surface area contributed by atoms with E-state index in [0.717, 1.165) is 16.7 Å². The normalized spacial score (nSPS) is 18.0. The molecule has 5 nitrogen and oxygen atoms in total. The second kappa shape index (κ2) is 7.06. The van der Waals surface area contributed by atoms with E-state index in [4.69, 9.17) is 5.11 Å². The zero-order valence-corrected chi connectivity index (χ0v) is 14.3. The van der Waals surface area contributed by atoms with Gasteiger partial charge in [-0.3, -0.25) is 4.79 Å². The first-order chi connectivity index (χ1) is 12.3. The van der Waals surface area contributed by atoms with Gasteiger partial charge in [-0.1, -0.05) is 0 Å². The molecule has 138 valence electrons. The molecule has 1 unspecified atom stereocenters. The topological polar surface area (TPSA) is 70.5 Å². The second-order valence-electron chi connectivity index (χ2n) is 6.04. The molecule has 1 aliphatic heterocycles. The van der Waals surface area contributed by atoms with Gasteiger partial charge in [0.1, 0.15) is 0 Å². The number of carboxylic acids is 1. The van der Waals surface area contributed by atoms with E-state index in [0.29, 0.717) is 36.5 Å². The highest BCUT2D eigenvalue weighted by Gasteiger charge is 2.35. The van der Waals surface area contributed by atoms with Gasteiger partial charge in [-0.25, -0.2) is 9.78 Å². The summed E-state index contributed by atoms with van der Waals surface area (Å²) < 4.78 is 38.2. The largest absolute Gasteiger partial charge is 0.478 e.